The van der Waals surface area contributed by atoms with Gasteiger partial charge >= 0.3 is 0 Å². The molecule has 2 aliphatic heterocycles. The van der Waals surface area contributed by atoms with Crippen LogP contribution in [-0.2, 0) is 4.74 Å². The molecule has 1 atom stereocenters. The molecule has 8 heteroatoms. The van der Waals surface area contributed by atoms with Crippen molar-refractivity contribution < 1.29 is 4.74 Å². The molecule has 31 heavy (non-hydrogen) atoms. The van der Waals surface area contributed by atoms with Crippen LogP contribution in [0.1, 0.15) is 6.42 Å². The van der Waals surface area contributed by atoms with Crippen molar-refractivity contribution in [3.8, 4) is 10.6 Å². The lowest BCUT2D eigenvalue weighted by Gasteiger charge is -2.26. The third-order valence-corrected chi connectivity index (χ3v) is 7.32. The first kappa shape index (κ1) is 20.5. The van der Waals surface area contributed by atoms with E-state index in [1.807, 2.05) is 13.3 Å². The van der Waals surface area contributed by atoms with Gasteiger partial charge < -0.3 is 24.8 Å². The number of ether oxygens (including phenoxy) is 1. The molecule has 0 radical (unpaired) electrons. The highest BCUT2D eigenvalue weighted by molar-refractivity contribution is 7.18. The summed E-state index contributed by atoms with van der Waals surface area (Å²) >= 11 is 1.74. The van der Waals surface area contributed by atoms with Crippen molar-refractivity contribution in [2.24, 2.45) is 0 Å². The number of nitrogens with one attached hydrogen (secondary N) is 1. The van der Waals surface area contributed by atoms with Gasteiger partial charge in [0.2, 0.25) is 0 Å². The molecule has 0 aliphatic carbocycles. The maximum atomic E-state index is 5.63. The van der Waals surface area contributed by atoms with E-state index in [0.717, 1.165) is 72.6 Å². The van der Waals surface area contributed by atoms with Crippen molar-refractivity contribution in [1.82, 2.24) is 15.3 Å². The van der Waals surface area contributed by atoms with Crippen LogP contribution in [0.2, 0.25) is 0 Å². The number of aromatic nitrogens is 2. The van der Waals surface area contributed by atoms with Gasteiger partial charge in [0.25, 0.3) is 0 Å². The van der Waals surface area contributed by atoms with Crippen molar-refractivity contribution in [3.63, 3.8) is 0 Å². The van der Waals surface area contributed by atoms with Gasteiger partial charge in [0.15, 0.2) is 5.13 Å². The number of piperazine rings is 1. The molecule has 4 heterocycles. The van der Waals surface area contributed by atoms with Crippen LogP contribution in [-0.4, -0.2) is 76.5 Å². The minimum Gasteiger partial charge on any atom is -0.380 e. The molecule has 164 valence electrons. The van der Waals surface area contributed by atoms with Gasteiger partial charge in [-0.25, -0.2) is 9.97 Å². The summed E-state index contributed by atoms with van der Waals surface area (Å²) in [7, 11) is 5.94. The van der Waals surface area contributed by atoms with E-state index in [9.17, 15) is 0 Å². The Balaban J connectivity index is 1.57. The molecule has 2 fully saturated rings. The number of fused-ring (bicyclic) bond motifs is 1. The van der Waals surface area contributed by atoms with Gasteiger partial charge in [-0.2, -0.15) is 0 Å². The summed E-state index contributed by atoms with van der Waals surface area (Å²) in [6.45, 7) is 5.94. The average molecular weight is 439 g/mol. The predicted molar refractivity (Wildman–Crippen MR) is 130 cm³/mol. The van der Waals surface area contributed by atoms with Crippen molar-refractivity contribution >= 4 is 38.7 Å². The minimum atomic E-state index is 0.287. The van der Waals surface area contributed by atoms with E-state index in [1.54, 1.807) is 11.3 Å². The summed E-state index contributed by atoms with van der Waals surface area (Å²) in [6.07, 6.45) is 3.33. The summed E-state index contributed by atoms with van der Waals surface area (Å²) in [5, 5.41) is 5.69. The summed E-state index contributed by atoms with van der Waals surface area (Å²) in [5.41, 5.74) is 4.42. The molecule has 7 nitrogen and oxygen atoms in total. The van der Waals surface area contributed by atoms with E-state index in [-0.39, 0.29) is 6.10 Å². The number of nitrogens with zero attached hydrogens (tertiary/aromatic N) is 5. The molecular weight excluding hydrogens is 408 g/mol. The lowest BCUT2D eigenvalue weighted by molar-refractivity contribution is 0.121. The standard InChI is InChI=1S/C23H30N6OS/c1-27(2)16-4-5-18-19(12-16)26-20(13-21(18)29-9-6-17(15-29)30-3)22-14-25-23(31-22)28-10-7-24-8-11-28/h4-5,12-14,17,24H,6-11,15H2,1-3H3. The number of rotatable bonds is 5. The molecule has 1 unspecified atom stereocenters. The molecule has 1 aromatic carbocycles. The number of anilines is 3. The van der Waals surface area contributed by atoms with Crippen LogP contribution in [0.3, 0.4) is 0 Å². The normalized spacial score (nSPS) is 19.4. The summed E-state index contributed by atoms with van der Waals surface area (Å²) in [6, 6.07) is 8.80. The van der Waals surface area contributed by atoms with Crippen LogP contribution in [0.5, 0.6) is 0 Å². The molecule has 0 bridgehead atoms. The Kier molecular flexibility index (Phi) is 5.69. The minimum absolute atomic E-state index is 0.287. The molecule has 2 saturated heterocycles. The molecule has 2 aromatic heterocycles. The Bertz CT molecular complexity index is 1060. The fourth-order valence-electron chi connectivity index (χ4n) is 4.39. The molecule has 0 saturated carbocycles. The van der Waals surface area contributed by atoms with Crippen molar-refractivity contribution in [3.05, 3.63) is 30.5 Å². The zero-order valence-electron chi connectivity index (χ0n) is 18.5. The lowest BCUT2D eigenvalue weighted by Crippen LogP contribution is -2.43. The van der Waals surface area contributed by atoms with Gasteiger partial charge in [-0.15, -0.1) is 0 Å². The van der Waals surface area contributed by atoms with E-state index in [1.165, 1.54) is 11.1 Å². The van der Waals surface area contributed by atoms with Gasteiger partial charge in [0.05, 0.1) is 22.2 Å². The number of methoxy groups -OCH3 is 1. The second-order valence-corrected chi connectivity index (χ2v) is 9.47. The average Bonchev–Trinajstić information content (AvgIpc) is 3.48. The van der Waals surface area contributed by atoms with Gasteiger partial charge in [0, 0.05) is 83.4 Å². The number of pyridine rings is 1. The fourth-order valence-corrected chi connectivity index (χ4v) is 5.32. The first-order valence-electron chi connectivity index (χ1n) is 10.9. The molecular formula is C23H30N6OS. The van der Waals surface area contributed by atoms with Gasteiger partial charge in [0.1, 0.15) is 0 Å². The maximum absolute atomic E-state index is 5.63. The largest absolute Gasteiger partial charge is 0.380 e. The van der Waals surface area contributed by atoms with Crippen LogP contribution in [0.25, 0.3) is 21.5 Å². The first-order valence-corrected chi connectivity index (χ1v) is 11.8. The topological polar surface area (TPSA) is 56.8 Å². The van der Waals surface area contributed by atoms with Crippen molar-refractivity contribution in [2.75, 3.05) is 75.2 Å². The van der Waals surface area contributed by atoms with E-state index in [2.05, 4.69) is 58.4 Å². The maximum Gasteiger partial charge on any atom is 0.185 e. The quantitative estimate of drug-likeness (QED) is 0.657. The lowest BCUT2D eigenvalue weighted by atomic mass is 10.1. The summed E-state index contributed by atoms with van der Waals surface area (Å²) < 4.78 is 5.63. The number of thiazole rings is 1. The number of hydrogen-bond acceptors (Lipinski definition) is 8. The Morgan fingerprint density at radius 1 is 1.13 bits per heavy atom. The smallest absolute Gasteiger partial charge is 0.185 e. The van der Waals surface area contributed by atoms with E-state index < -0.39 is 0 Å². The fraction of sp³-hybridized carbons (Fsp3) is 0.478. The molecule has 0 amide bonds. The molecule has 3 aromatic rings. The highest BCUT2D eigenvalue weighted by atomic mass is 32.1. The Morgan fingerprint density at radius 3 is 2.71 bits per heavy atom. The van der Waals surface area contributed by atoms with Crippen LogP contribution >= 0.6 is 11.3 Å². The molecule has 2 aliphatic rings. The second kappa shape index (κ2) is 8.61. The van der Waals surface area contributed by atoms with Crippen molar-refractivity contribution in [2.45, 2.75) is 12.5 Å². The zero-order chi connectivity index (χ0) is 21.4. The third kappa shape index (κ3) is 4.07. The molecule has 1 N–H and O–H groups in total. The van der Waals surface area contributed by atoms with Crippen LogP contribution in [0, 0.1) is 0 Å². The second-order valence-electron chi connectivity index (χ2n) is 8.46. The monoisotopic (exact) mass is 438 g/mol. The number of benzene rings is 1. The third-order valence-electron chi connectivity index (χ3n) is 6.24. The van der Waals surface area contributed by atoms with Crippen LogP contribution in [0.4, 0.5) is 16.5 Å². The van der Waals surface area contributed by atoms with Gasteiger partial charge in [-0.3, -0.25) is 0 Å². The van der Waals surface area contributed by atoms with E-state index >= 15 is 0 Å². The van der Waals surface area contributed by atoms with Crippen molar-refractivity contribution in [1.29, 1.82) is 0 Å². The zero-order valence-corrected chi connectivity index (χ0v) is 19.3. The predicted octanol–water partition coefficient (Wildman–Crippen LogP) is 3.06. The number of hydrogen-bond donors (Lipinski definition) is 1. The SMILES string of the molecule is COC1CCN(c2cc(-c3cnc(N4CCNCC4)s3)nc3cc(N(C)C)ccc23)C1. The Morgan fingerprint density at radius 2 is 1.97 bits per heavy atom. The highest BCUT2D eigenvalue weighted by Gasteiger charge is 2.25. The highest BCUT2D eigenvalue weighted by Crippen LogP contribution is 2.37. The summed E-state index contributed by atoms with van der Waals surface area (Å²) in [4.78, 5) is 17.8. The summed E-state index contributed by atoms with van der Waals surface area (Å²) in [5.74, 6) is 0. The molecule has 5 rings (SSSR count). The van der Waals surface area contributed by atoms with E-state index in [0.29, 0.717) is 0 Å². The first-order chi connectivity index (χ1) is 15.1. The van der Waals surface area contributed by atoms with Gasteiger partial charge in [-0.05, 0) is 30.7 Å². The van der Waals surface area contributed by atoms with Crippen LogP contribution < -0.4 is 20.0 Å². The Hall–Kier alpha value is -2.42. The van der Waals surface area contributed by atoms with E-state index in [4.69, 9.17) is 14.7 Å². The Labute approximate surface area is 187 Å². The molecule has 0 spiro atoms. The van der Waals surface area contributed by atoms with Gasteiger partial charge in [-0.1, -0.05) is 11.3 Å². The van der Waals surface area contributed by atoms with Crippen LogP contribution in [0.15, 0.2) is 30.5 Å².